The van der Waals surface area contributed by atoms with Gasteiger partial charge in [-0.3, -0.25) is 14.5 Å². The van der Waals surface area contributed by atoms with Crippen molar-refractivity contribution in [2.45, 2.75) is 19.4 Å². The fraction of sp³-hybridized carbons (Fsp3) is 0.448. The predicted octanol–water partition coefficient (Wildman–Crippen LogP) is 3.17. The molecule has 2 heterocycles. The molecule has 1 amide bonds. The fourth-order valence-electron chi connectivity index (χ4n) is 5.18. The monoisotopic (exact) mass is 540 g/mol. The van der Waals surface area contributed by atoms with E-state index in [1.807, 2.05) is 6.92 Å². The van der Waals surface area contributed by atoms with Gasteiger partial charge in [-0.2, -0.15) is 0 Å². The molecule has 2 fully saturated rings. The average molecular weight is 541 g/mol. The smallest absolute Gasteiger partial charge is 0.295 e. The number of hydrogen-bond donors (Lipinski definition) is 1. The summed E-state index contributed by atoms with van der Waals surface area (Å²) in [7, 11) is 6.06. The number of ketones is 1. The third kappa shape index (κ3) is 5.67. The number of likely N-dealkylation sites (tertiary alicyclic amines) is 1. The van der Waals surface area contributed by atoms with Crippen molar-refractivity contribution in [2.75, 3.05) is 67.8 Å². The summed E-state index contributed by atoms with van der Waals surface area (Å²) < 4.78 is 27.3. The van der Waals surface area contributed by atoms with Crippen LogP contribution in [0.3, 0.4) is 0 Å². The number of benzene rings is 2. The van der Waals surface area contributed by atoms with E-state index in [1.54, 1.807) is 37.4 Å². The Bertz CT molecular complexity index is 1230. The highest BCUT2D eigenvalue weighted by Gasteiger charge is 2.46. The zero-order chi connectivity index (χ0) is 28.1. The van der Waals surface area contributed by atoms with Crippen LogP contribution in [0.25, 0.3) is 5.76 Å². The molecule has 2 saturated heterocycles. The maximum Gasteiger partial charge on any atom is 0.295 e. The van der Waals surface area contributed by atoms with E-state index in [-0.39, 0.29) is 11.3 Å². The number of amides is 1. The van der Waals surface area contributed by atoms with Crippen molar-refractivity contribution in [1.29, 1.82) is 0 Å². The van der Waals surface area contributed by atoms with Crippen molar-refractivity contribution >= 4 is 17.4 Å². The summed E-state index contributed by atoms with van der Waals surface area (Å²) in [5, 5.41) is 11.5. The van der Waals surface area contributed by atoms with E-state index in [0.29, 0.717) is 65.9 Å². The van der Waals surface area contributed by atoms with Crippen LogP contribution in [0.4, 0.5) is 0 Å². The third-order valence-corrected chi connectivity index (χ3v) is 7.21. The van der Waals surface area contributed by atoms with E-state index >= 15 is 0 Å². The van der Waals surface area contributed by atoms with Crippen LogP contribution in [0.15, 0.2) is 35.9 Å². The molecular formula is C29H36N2O8. The molecule has 2 aromatic carbocycles. The molecule has 0 radical (unpaired) electrons. The third-order valence-electron chi connectivity index (χ3n) is 7.21. The van der Waals surface area contributed by atoms with E-state index in [0.717, 1.165) is 19.6 Å². The number of rotatable bonds is 10. The first-order chi connectivity index (χ1) is 18.8. The van der Waals surface area contributed by atoms with E-state index in [1.165, 1.54) is 26.2 Å². The number of aliphatic hydroxyl groups excluding tert-OH is 1. The summed E-state index contributed by atoms with van der Waals surface area (Å²) >= 11 is 0. The van der Waals surface area contributed by atoms with E-state index in [9.17, 15) is 14.7 Å². The summed E-state index contributed by atoms with van der Waals surface area (Å²) in [5.41, 5.74) is 1.71. The van der Waals surface area contributed by atoms with E-state index < -0.39 is 17.7 Å². The number of methoxy groups -OCH3 is 4. The zero-order valence-corrected chi connectivity index (χ0v) is 23.1. The van der Waals surface area contributed by atoms with Gasteiger partial charge in [-0.25, -0.2) is 0 Å². The average Bonchev–Trinajstić information content (AvgIpc) is 3.21. The number of morpholine rings is 1. The van der Waals surface area contributed by atoms with Crippen molar-refractivity contribution in [1.82, 2.24) is 9.80 Å². The van der Waals surface area contributed by atoms with Gasteiger partial charge in [0.1, 0.15) is 11.5 Å². The fourth-order valence-corrected chi connectivity index (χ4v) is 5.18. The van der Waals surface area contributed by atoms with Gasteiger partial charge in [0.05, 0.1) is 53.3 Å². The quantitative estimate of drug-likeness (QED) is 0.276. The minimum absolute atomic E-state index is 0.00825. The molecule has 210 valence electrons. The van der Waals surface area contributed by atoms with Crippen LogP contribution in [-0.2, 0) is 14.3 Å². The van der Waals surface area contributed by atoms with Crippen molar-refractivity contribution < 1.29 is 38.4 Å². The summed E-state index contributed by atoms with van der Waals surface area (Å²) in [4.78, 5) is 30.7. The van der Waals surface area contributed by atoms with Crippen LogP contribution in [0.2, 0.25) is 0 Å². The molecule has 0 saturated carbocycles. The highest BCUT2D eigenvalue weighted by atomic mass is 16.5. The number of Topliss-reactive ketones (excluding diaryl/α,β-unsaturated/α-hetero) is 1. The Labute approximate surface area is 228 Å². The molecule has 0 bridgehead atoms. The first-order valence-corrected chi connectivity index (χ1v) is 12.9. The molecule has 10 heteroatoms. The van der Waals surface area contributed by atoms with Gasteiger partial charge in [0, 0.05) is 31.7 Å². The molecular weight excluding hydrogens is 504 g/mol. The molecule has 2 aromatic rings. The van der Waals surface area contributed by atoms with Crippen LogP contribution in [0.5, 0.6) is 23.0 Å². The lowest BCUT2D eigenvalue weighted by Gasteiger charge is -2.29. The van der Waals surface area contributed by atoms with Crippen LogP contribution in [0, 0.1) is 6.92 Å². The Morgan fingerprint density at radius 2 is 1.62 bits per heavy atom. The van der Waals surface area contributed by atoms with Crippen LogP contribution in [0.1, 0.15) is 29.2 Å². The first kappa shape index (κ1) is 28.3. The normalized spacial score (nSPS) is 19.3. The van der Waals surface area contributed by atoms with Crippen molar-refractivity contribution in [3.05, 3.63) is 52.6 Å². The Balaban J connectivity index is 1.80. The molecule has 0 aromatic heterocycles. The Morgan fingerprint density at radius 3 is 2.18 bits per heavy atom. The molecule has 2 aliphatic heterocycles. The second-order valence-corrected chi connectivity index (χ2v) is 9.44. The zero-order valence-electron chi connectivity index (χ0n) is 23.1. The molecule has 2 aliphatic rings. The lowest BCUT2D eigenvalue weighted by molar-refractivity contribution is -0.140. The van der Waals surface area contributed by atoms with Crippen molar-refractivity contribution in [3.8, 4) is 23.0 Å². The molecule has 1 N–H and O–H groups in total. The van der Waals surface area contributed by atoms with Crippen LogP contribution in [-0.4, -0.2) is 94.4 Å². The van der Waals surface area contributed by atoms with E-state index in [2.05, 4.69) is 4.90 Å². The van der Waals surface area contributed by atoms with Gasteiger partial charge in [0.2, 0.25) is 5.75 Å². The molecule has 39 heavy (non-hydrogen) atoms. The molecule has 4 rings (SSSR count). The topological polar surface area (TPSA) is 107 Å². The second-order valence-electron chi connectivity index (χ2n) is 9.44. The molecule has 0 unspecified atom stereocenters. The highest BCUT2D eigenvalue weighted by molar-refractivity contribution is 6.46. The summed E-state index contributed by atoms with van der Waals surface area (Å²) in [6.07, 6.45) is 0.648. The predicted molar refractivity (Wildman–Crippen MR) is 145 cm³/mol. The summed E-state index contributed by atoms with van der Waals surface area (Å²) in [6.45, 7) is 5.89. The number of aryl methyl sites for hydroxylation is 1. The van der Waals surface area contributed by atoms with Gasteiger partial charge in [0.25, 0.3) is 11.7 Å². The lowest BCUT2D eigenvalue weighted by Crippen LogP contribution is -2.39. The largest absolute Gasteiger partial charge is 0.507 e. The van der Waals surface area contributed by atoms with Gasteiger partial charge in [0.15, 0.2) is 11.5 Å². The second kappa shape index (κ2) is 12.4. The Hall–Kier alpha value is -3.76. The molecule has 1 atom stereocenters. The summed E-state index contributed by atoms with van der Waals surface area (Å²) in [5.74, 6) is 0.116. The maximum atomic E-state index is 13.5. The highest BCUT2D eigenvalue weighted by Crippen LogP contribution is 2.46. The lowest BCUT2D eigenvalue weighted by atomic mass is 9.93. The minimum atomic E-state index is -0.857. The van der Waals surface area contributed by atoms with Crippen LogP contribution >= 0.6 is 0 Å². The number of carbonyl (C=O) groups is 2. The maximum absolute atomic E-state index is 13.5. The van der Waals surface area contributed by atoms with Gasteiger partial charge in [-0.1, -0.05) is 0 Å². The Morgan fingerprint density at radius 1 is 0.949 bits per heavy atom. The SMILES string of the molecule is COc1ccc(C(O)=C2C(=O)C(=O)N(CCCN3CCOCC3)[C@H]2c2cc(OC)c(OC)c(OC)c2)c(C)c1. The van der Waals surface area contributed by atoms with E-state index in [4.69, 9.17) is 23.7 Å². The molecule has 0 aliphatic carbocycles. The first-order valence-electron chi connectivity index (χ1n) is 12.9. The number of ether oxygens (including phenoxy) is 5. The standard InChI is InChI=1S/C29H36N2O8/c1-18-15-20(35-2)7-8-21(18)26(32)24-25(19-16-22(36-3)28(38-5)23(17-19)37-4)31(29(34)27(24)33)10-6-9-30-11-13-39-14-12-30/h7-8,15-17,25,32H,6,9-14H2,1-5H3/t25-/m0/s1. The number of aliphatic hydroxyl groups is 1. The number of carbonyl (C=O) groups excluding carboxylic acids is 2. The number of hydrogen-bond acceptors (Lipinski definition) is 9. The van der Waals surface area contributed by atoms with Crippen LogP contribution < -0.4 is 18.9 Å². The van der Waals surface area contributed by atoms with Crippen molar-refractivity contribution in [2.24, 2.45) is 0 Å². The van der Waals surface area contributed by atoms with Gasteiger partial charge in [-0.05, 0) is 54.8 Å². The van der Waals surface area contributed by atoms with Gasteiger partial charge >= 0.3 is 0 Å². The number of nitrogens with zero attached hydrogens (tertiary/aromatic N) is 2. The van der Waals surface area contributed by atoms with Crippen molar-refractivity contribution in [3.63, 3.8) is 0 Å². The summed E-state index contributed by atoms with van der Waals surface area (Å²) in [6, 6.07) is 7.71. The van der Waals surface area contributed by atoms with Gasteiger partial charge in [-0.15, -0.1) is 0 Å². The minimum Gasteiger partial charge on any atom is -0.507 e. The molecule has 0 spiro atoms. The molecule has 10 nitrogen and oxygen atoms in total. The Kier molecular flexibility index (Phi) is 8.98. The van der Waals surface area contributed by atoms with Gasteiger partial charge < -0.3 is 33.7 Å².